The Labute approximate surface area is 98.8 Å². The van der Waals surface area contributed by atoms with E-state index in [0.717, 1.165) is 23.4 Å². The highest BCUT2D eigenvalue weighted by Crippen LogP contribution is 2.39. The van der Waals surface area contributed by atoms with Crippen LogP contribution in [0.3, 0.4) is 0 Å². The molecule has 1 aliphatic carbocycles. The van der Waals surface area contributed by atoms with Crippen molar-refractivity contribution in [1.29, 1.82) is 0 Å². The van der Waals surface area contributed by atoms with E-state index in [9.17, 15) is 0 Å². The first-order chi connectivity index (χ1) is 7.79. The van der Waals surface area contributed by atoms with Crippen molar-refractivity contribution in [2.24, 2.45) is 5.73 Å². The van der Waals surface area contributed by atoms with E-state index in [-0.39, 0.29) is 0 Å². The molecule has 1 aromatic heterocycles. The molecule has 2 nitrogen and oxygen atoms in total. The van der Waals surface area contributed by atoms with Crippen molar-refractivity contribution in [3.63, 3.8) is 0 Å². The van der Waals surface area contributed by atoms with Gasteiger partial charge in [-0.2, -0.15) is 0 Å². The molecule has 82 valence electrons. The fourth-order valence-corrected chi connectivity index (χ4v) is 3.47. The maximum atomic E-state index is 5.63. The van der Waals surface area contributed by atoms with Crippen LogP contribution >= 0.6 is 11.3 Å². The van der Waals surface area contributed by atoms with E-state index in [4.69, 9.17) is 5.73 Å². The number of nitrogens with two attached hydrogens (primary N) is 1. The van der Waals surface area contributed by atoms with Crippen LogP contribution in [-0.4, -0.2) is 11.5 Å². The van der Waals surface area contributed by atoms with Gasteiger partial charge in [0, 0.05) is 12.1 Å². The number of aryl methyl sites for hydroxylation is 2. The molecular formula is C13H14N2S. The lowest BCUT2D eigenvalue weighted by Gasteiger charge is -2.01. The number of fused-ring (bicyclic) bond motifs is 3. The number of benzene rings is 1. The fraction of sp³-hybridized carbons (Fsp3) is 0.308. The lowest BCUT2D eigenvalue weighted by molar-refractivity contribution is 1.08. The molecule has 0 unspecified atom stereocenters. The van der Waals surface area contributed by atoms with Gasteiger partial charge >= 0.3 is 0 Å². The van der Waals surface area contributed by atoms with E-state index in [1.165, 1.54) is 21.4 Å². The second-order valence-corrected chi connectivity index (χ2v) is 5.35. The van der Waals surface area contributed by atoms with Crippen LogP contribution in [0.5, 0.6) is 0 Å². The molecule has 3 rings (SSSR count). The summed E-state index contributed by atoms with van der Waals surface area (Å²) >= 11 is 1.79. The first-order valence-corrected chi connectivity index (χ1v) is 6.39. The van der Waals surface area contributed by atoms with Gasteiger partial charge in [-0.05, 0) is 37.0 Å². The van der Waals surface area contributed by atoms with Crippen LogP contribution in [0.15, 0.2) is 18.2 Å². The van der Waals surface area contributed by atoms with Crippen molar-refractivity contribution in [2.45, 2.75) is 19.8 Å². The van der Waals surface area contributed by atoms with Crippen LogP contribution < -0.4 is 5.73 Å². The van der Waals surface area contributed by atoms with Gasteiger partial charge in [0.15, 0.2) is 0 Å². The minimum Gasteiger partial charge on any atom is -0.327 e. The van der Waals surface area contributed by atoms with Crippen LogP contribution in [0.25, 0.3) is 15.8 Å². The highest BCUT2D eigenvalue weighted by molar-refractivity contribution is 7.18. The van der Waals surface area contributed by atoms with Gasteiger partial charge in [0.2, 0.25) is 0 Å². The van der Waals surface area contributed by atoms with E-state index < -0.39 is 0 Å². The number of aromatic nitrogens is 1. The van der Waals surface area contributed by atoms with Crippen LogP contribution in [-0.2, 0) is 6.42 Å². The highest BCUT2D eigenvalue weighted by atomic mass is 32.1. The van der Waals surface area contributed by atoms with E-state index >= 15 is 0 Å². The summed E-state index contributed by atoms with van der Waals surface area (Å²) < 4.78 is 1.34. The zero-order valence-electron chi connectivity index (χ0n) is 9.29. The maximum Gasteiger partial charge on any atom is 0.0907 e. The highest BCUT2D eigenvalue weighted by Gasteiger charge is 2.20. The number of nitrogens with zero attached hydrogens (tertiary/aromatic N) is 1. The molecule has 0 amide bonds. The molecule has 0 saturated carbocycles. The third-order valence-corrected chi connectivity index (χ3v) is 4.10. The molecule has 0 radical (unpaired) electrons. The first-order valence-electron chi connectivity index (χ1n) is 5.58. The van der Waals surface area contributed by atoms with Gasteiger partial charge in [-0.1, -0.05) is 12.1 Å². The topological polar surface area (TPSA) is 38.9 Å². The summed E-state index contributed by atoms with van der Waals surface area (Å²) in [4.78, 5) is 4.55. The Bertz CT molecular complexity index is 581. The largest absolute Gasteiger partial charge is 0.327 e. The monoisotopic (exact) mass is 230 g/mol. The van der Waals surface area contributed by atoms with Crippen LogP contribution in [0.2, 0.25) is 0 Å². The Kier molecular flexibility index (Phi) is 2.30. The van der Waals surface area contributed by atoms with Gasteiger partial charge in [-0.3, -0.25) is 0 Å². The van der Waals surface area contributed by atoms with Gasteiger partial charge < -0.3 is 5.73 Å². The van der Waals surface area contributed by atoms with E-state index in [1.54, 1.807) is 11.3 Å². The molecule has 2 N–H and O–H groups in total. The van der Waals surface area contributed by atoms with Crippen LogP contribution in [0.1, 0.15) is 22.6 Å². The summed E-state index contributed by atoms with van der Waals surface area (Å²) in [7, 11) is 0. The predicted octanol–water partition coefficient (Wildman–Crippen LogP) is 2.89. The number of thiazole rings is 1. The van der Waals surface area contributed by atoms with Crippen LogP contribution in [0, 0.1) is 6.92 Å². The molecule has 0 saturated heterocycles. The summed E-state index contributed by atoms with van der Waals surface area (Å²) in [5.74, 6) is 0. The van der Waals surface area contributed by atoms with Crippen molar-refractivity contribution in [1.82, 2.24) is 4.98 Å². The molecule has 3 heteroatoms. The first kappa shape index (κ1) is 10.00. The second-order valence-electron chi connectivity index (χ2n) is 4.15. The van der Waals surface area contributed by atoms with Crippen molar-refractivity contribution in [3.8, 4) is 0 Å². The van der Waals surface area contributed by atoms with Gasteiger partial charge in [0.25, 0.3) is 0 Å². The molecular weight excluding hydrogens is 216 g/mol. The normalized spacial score (nSPS) is 17.2. The summed E-state index contributed by atoms with van der Waals surface area (Å²) in [5, 5.41) is 1.14. The molecule has 1 aromatic carbocycles. The Morgan fingerprint density at radius 1 is 1.44 bits per heavy atom. The van der Waals surface area contributed by atoms with Gasteiger partial charge in [-0.25, -0.2) is 4.98 Å². The summed E-state index contributed by atoms with van der Waals surface area (Å²) in [6, 6.07) is 4.36. The van der Waals surface area contributed by atoms with Gasteiger partial charge in [-0.15, -0.1) is 11.3 Å². The quantitative estimate of drug-likeness (QED) is 0.818. The van der Waals surface area contributed by atoms with Crippen molar-refractivity contribution >= 4 is 27.1 Å². The number of allylic oxidation sites excluding steroid dienone is 1. The molecule has 0 atom stereocenters. The molecule has 16 heavy (non-hydrogen) atoms. The lowest BCUT2D eigenvalue weighted by Crippen LogP contribution is -1.94. The molecule has 1 aliphatic rings. The van der Waals surface area contributed by atoms with E-state index in [0.29, 0.717) is 6.54 Å². The number of rotatable bonds is 1. The number of hydrogen-bond donors (Lipinski definition) is 1. The fourth-order valence-electron chi connectivity index (χ4n) is 2.45. The minimum absolute atomic E-state index is 0.628. The Morgan fingerprint density at radius 2 is 2.31 bits per heavy atom. The van der Waals surface area contributed by atoms with Crippen molar-refractivity contribution < 1.29 is 0 Å². The maximum absolute atomic E-state index is 5.63. The summed E-state index contributed by atoms with van der Waals surface area (Å²) in [5.41, 5.74) is 11.0. The van der Waals surface area contributed by atoms with E-state index in [1.807, 2.05) is 0 Å². The molecule has 2 aromatic rings. The third-order valence-electron chi connectivity index (χ3n) is 3.10. The minimum atomic E-state index is 0.628. The Hall–Kier alpha value is -1.19. The average molecular weight is 230 g/mol. The molecule has 0 spiro atoms. The summed E-state index contributed by atoms with van der Waals surface area (Å²) in [6.45, 7) is 2.70. The third kappa shape index (κ3) is 1.39. The zero-order chi connectivity index (χ0) is 11.1. The SMILES string of the molecule is Cc1nc2ccc3c(c2s1)/C(=C/CN)CC3. The van der Waals surface area contributed by atoms with E-state index in [2.05, 4.69) is 30.1 Å². The zero-order valence-corrected chi connectivity index (χ0v) is 10.1. The average Bonchev–Trinajstić information content (AvgIpc) is 2.81. The standard InChI is InChI=1S/C13H14N2S/c1-8-15-11-5-4-9-2-3-10(6-7-14)12(9)13(11)16-8/h4-6H,2-3,7,14H2,1H3/b10-6+. The Morgan fingerprint density at radius 3 is 3.12 bits per heavy atom. The molecule has 0 aliphatic heterocycles. The smallest absolute Gasteiger partial charge is 0.0907 e. The van der Waals surface area contributed by atoms with Crippen molar-refractivity contribution in [2.75, 3.05) is 6.54 Å². The molecule has 0 bridgehead atoms. The van der Waals surface area contributed by atoms with Crippen molar-refractivity contribution in [3.05, 3.63) is 34.3 Å². The molecule has 1 heterocycles. The predicted molar refractivity (Wildman–Crippen MR) is 69.7 cm³/mol. The van der Waals surface area contributed by atoms with Gasteiger partial charge in [0.05, 0.1) is 15.2 Å². The van der Waals surface area contributed by atoms with Gasteiger partial charge in [0.1, 0.15) is 0 Å². The Balaban J connectivity index is 2.32. The second kappa shape index (κ2) is 3.68. The molecule has 0 fully saturated rings. The summed E-state index contributed by atoms with van der Waals surface area (Å²) in [6.07, 6.45) is 4.43. The van der Waals surface area contributed by atoms with Crippen LogP contribution in [0.4, 0.5) is 0 Å². The lowest BCUT2D eigenvalue weighted by atomic mass is 10.1. The number of hydrogen-bond acceptors (Lipinski definition) is 3.